The van der Waals surface area contributed by atoms with Crippen LogP contribution in [0.5, 0.6) is 0 Å². The average molecular weight is 228 g/mol. The van der Waals surface area contributed by atoms with Crippen molar-refractivity contribution in [2.24, 2.45) is 5.92 Å². The molecule has 1 N–H and O–H groups in total. The fourth-order valence-corrected chi connectivity index (χ4v) is 2.63. The van der Waals surface area contributed by atoms with Gasteiger partial charge in [0.1, 0.15) is 0 Å². The fourth-order valence-electron chi connectivity index (χ4n) is 1.39. The Morgan fingerprint density at radius 2 is 2.00 bits per heavy atom. The number of rotatable bonds is 4. The molecule has 0 saturated carbocycles. The highest BCUT2D eigenvalue weighted by atomic mass is 35.5. The van der Waals surface area contributed by atoms with Gasteiger partial charge in [-0.3, -0.25) is 0 Å². The molecule has 0 aromatic heterocycles. The largest absolute Gasteiger partial charge is 0.316 e. The summed E-state index contributed by atoms with van der Waals surface area (Å²) in [5.41, 5.74) is 1.37. The van der Waals surface area contributed by atoms with Gasteiger partial charge >= 0.3 is 0 Å². The van der Waals surface area contributed by atoms with Crippen LogP contribution in [0.1, 0.15) is 5.56 Å². The highest BCUT2D eigenvalue weighted by molar-refractivity contribution is 7.98. The molecule has 0 aliphatic carbocycles. The summed E-state index contributed by atoms with van der Waals surface area (Å²) in [7, 11) is 0. The van der Waals surface area contributed by atoms with Crippen molar-refractivity contribution in [2.75, 3.05) is 18.8 Å². The molecule has 0 atom stereocenters. The van der Waals surface area contributed by atoms with Crippen molar-refractivity contribution in [3.63, 3.8) is 0 Å². The predicted octanol–water partition coefficient (Wildman–Crippen LogP) is 2.79. The molecule has 1 saturated heterocycles. The van der Waals surface area contributed by atoms with Crippen LogP contribution >= 0.6 is 23.4 Å². The van der Waals surface area contributed by atoms with E-state index in [-0.39, 0.29) is 0 Å². The SMILES string of the molecule is Clc1ccc(CSCC2CNC2)cc1. The third-order valence-electron chi connectivity index (χ3n) is 2.40. The summed E-state index contributed by atoms with van der Waals surface area (Å²) in [5, 5.41) is 4.11. The summed E-state index contributed by atoms with van der Waals surface area (Å²) < 4.78 is 0. The van der Waals surface area contributed by atoms with E-state index in [4.69, 9.17) is 11.6 Å². The molecule has 1 aromatic carbocycles. The Labute approximate surface area is 94.2 Å². The van der Waals surface area contributed by atoms with E-state index >= 15 is 0 Å². The normalized spacial score (nSPS) is 16.6. The molecule has 1 aliphatic heterocycles. The van der Waals surface area contributed by atoms with Crippen LogP contribution in [-0.2, 0) is 5.75 Å². The molecule has 2 rings (SSSR count). The van der Waals surface area contributed by atoms with Gasteiger partial charge < -0.3 is 5.32 Å². The van der Waals surface area contributed by atoms with Crippen molar-refractivity contribution in [2.45, 2.75) is 5.75 Å². The van der Waals surface area contributed by atoms with Crippen LogP contribution < -0.4 is 5.32 Å². The summed E-state index contributed by atoms with van der Waals surface area (Å²) in [6, 6.07) is 8.13. The van der Waals surface area contributed by atoms with E-state index in [1.807, 2.05) is 23.9 Å². The topological polar surface area (TPSA) is 12.0 Å². The van der Waals surface area contributed by atoms with Crippen LogP contribution in [0.15, 0.2) is 24.3 Å². The molecule has 76 valence electrons. The zero-order valence-electron chi connectivity index (χ0n) is 8.00. The summed E-state index contributed by atoms with van der Waals surface area (Å²) in [4.78, 5) is 0. The fraction of sp³-hybridized carbons (Fsp3) is 0.455. The van der Waals surface area contributed by atoms with E-state index in [0.717, 1.165) is 16.7 Å². The zero-order valence-corrected chi connectivity index (χ0v) is 9.57. The van der Waals surface area contributed by atoms with Gasteiger partial charge in [-0.2, -0.15) is 11.8 Å². The van der Waals surface area contributed by atoms with Crippen LogP contribution in [0.3, 0.4) is 0 Å². The number of thioether (sulfide) groups is 1. The average Bonchev–Trinajstić information content (AvgIpc) is 2.12. The van der Waals surface area contributed by atoms with Gasteiger partial charge in [0.2, 0.25) is 0 Å². The van der Waals surface area contributed by atoms with Crippen LogP contribution in [0.25, 0.3) is 0 Å². The second kappa shape index (κ2) is 5.06. The van der Waals surface area contributed by atoms with Gasteiger partial charge in [0.05, 0.1) is 0 Å². The minimum absolute atomic E-state index is 0.821. The second-order valence-electron chi connectivity index (χ2n) is 3.67. The molecule has 0 unspecified atom stereocenters. The number of halogens is 1. The van der Waals surface area contributed by atoms with Gasteiger partial charge in [-0.25, -0.2) is 0 Å². The van der Waals surface area contributed by atoms with Gasteiger partial charge in [0.25, 0.3) is 0 Å². The van der Waals surface area contributed by atoms with Crippen LogP contribution in [0, 0.1) is 5.92 Å². The molecule has 0 spiro atoms. The van der Waals surface area contributed by atoms with E-state index in [0.29, 0.717) is 0 Å². The van der Waals surface area contributed by atoms with Crippen LogP contribution in [0.4, 0.5) is 0 Å². The Morgan fingerprint density at radius 3 is 2.57 bits per heavy atom. The Morgan fingerprint density at radius 1 is 1.29 bits per heavy atom. The van der Waals surface area contributed by atoms with Gasteiger partial charge in [0, 0.05) is 10.8 Å². The summed E-state index contributed by atoms with van der Waals surface area (Å²) >= 11 is 7.83. The first-order valence-electron chi connectivity index (χ1n) is 4.87. The maximum Gasteiger partial charge on any atom is 0.0406 e. The molecule has 1 nitrogen and oxygen atoms in total. The Balaban J connectivity index is 1.71. The number of nitrogens with one attached hydrogen (secondary N) is 1. The van der Waals surface area contributed by atoms with Crippen molar-refractivity contribution in [3.05, 3.63) is 34.9 Å². The molecule has 3 heteroatoms. The number of hydrogen-bond acceptors (Lipinski definition) is 2. The lowest BCUT2D eigenvalue weighted by Gasteiger charge is -2.26. The Hall–Kier alpha value is -0.180. The molecule has 1 heterocycles. The molecule has 0 radical (unpaired) electrons. The van der Waals surface area contributed by atoms with Crippen molar-refractivity contribution in [1.29, 1.82) is 0 Å². The predicted molar refractivity (Wildman–Crippen MR) is 64.0 cm³/mol. The standard InChI is InChI=1S/C11H14ClNS/c12-11-3-1-9(2-4-11)7-14-8-10-5-13-6-10/h1-4,10,13H,5-8H2. The highest BCUT2D eigenvalue weighted by Gasteiger charge is 2.15. The molecular weight excluding hydrogens is 214 g/mol. The van der Waals surface area contributed by atoms with E-state index in [9.17, 15) is 0 Å². The molecule has 0 bridgehead atoms. The van der Waals surface area contributed by atoms with Crippen LogP contribution in [0.2, 0.25) is 5.02 Å². The van der Waals surface area contributed by atoms with E-state index in [1.165, 1.54) is 24.4 Å². The minimum atomic E-state index is 0.821. The van der Waals surface area contributed by atoms with Gasteiger partial charge in [-0.15, -0.1) is 0 Å². The lowest BCUT2D eigenvalue weighted by Crippen LogP contribution is -2.43. The molecule has 14 heavy (non-hydrogen) atoms. The smallest absolute Gasteiger partial charge is 0.0406 e. The van der Waals surface area contributed by atoms with Gasteiger partial charge in [-0.05, 0) is 42.5 Å². The number of benzene rings is 1. The third-order valence-corrected chi connectivity index (χ3v) is 3.90. The quantitative estimate of drug-likeness (QED) is 0.849. The van der Waals surface area contributed by atoms with Crippen LogP contribution in [-0.4, -0.2) is 18.8 Å². The van der Waals surface area contributed by atoms with Crippen molar-refractivity contribution in [1.82, 2.24) is 5.32 Å². The lowest BCUT2D eigenvalue weighted by molar-refractivity contribution is 0.385. The van der Waals surface area contributed by atoms with E-state index < -0.39 is 0 Å². The molecule has 1 aliphatic rings. The first-order chi connectivity index (χ1) is 6.84. The first-order valence-corrected chi connectivity index (χ1v) is 6.41. The maximum absolute atomic E-state index is 5.81. The van der Waals surface area contributed by atoms with E-state index in [2.05, 4.69) is 17.4 Å². The third kappa shape index (κ3) is 2.91. The highest BCUT2D eigenvalue weighted by Crippen LogP contribution is 2.18. The first kappa shape index (κ1) is 10.3. The molecule has 1 aromatic rings. The zero-order chi connectivity index (χ0) is 9.80. The van der Waals surface area contributed by atoms with Crippen molar-refractivity contribution < 1.29 is 0 Å². The summed E-state index contributed by atoms with van der Waals surface area (Å²) in [6.07, 6.45) is 0. The second-order valence-corrected chi connectivity index (χ2v) is 5.13. The van der Waals surface area contributed by atoms with Crippen molar-refractivity contribution >= 4 is 23.4 Å². The molecule has 0 amide bonds. The number of hydrogen-bond donors (Lipinski definition) is 1. The lowest BCUT2D eigenvalue weighted by atomic mass is 10.1. The summed E-state index contributed by atoms with van der Waals surface area (Å²) in [6.45, 7) is 2.40. The van der Waals surface area contributed by atoms with Crippen molar-refractivity contribution in [3.8, 4) is 0 Å². The Bertz CT molecular complexity index is 282. The Kier molecular flexibility index (Phi) is 3.74. The van der Waals surface area contributed by atoms with Gasteiger partial charge in [-0.1, -0.05) is 23.7 Å². The summed E-state index contributed by atoms with van der Waals surface area (Å²) in [5.74, 6) is 3.27. The van der Waals surface area contributed by atoms with E-state index in [1.54, 1.807) is 0 Å². The molecular formula is C11H14ClNS. The maximum atomic E-state index is 5.81. The molecule has 1 fully saturated rings. The van der Waals surface area contributed by atoms with Gasteiger partial charge in [0.15, 0.2) is 0 Å². The monoisotopic (exact) mass is 227 g/mol. The minimum Gasteiger partial charge on any atom is -0.316 e.